The van der Waals surface area contributed by atoms with E-state index in [1.165, 1.54) is 0 Å². The molecule has 0 atom stereocenters. The number of hydrogen-bond donors (Lipinski definition) is 2. The van der Waals surface area contributed by atoms with Crippen molar-refractivity contribution >= 4 is 33.8 Å². The van der Waals surface area contributed by atoms with Gasteiger partial charge in [-0.3, -0.25) is 9.59 Å². The SMILES string of the molecule is COc1ccc2c(c1)C(=CC(=O)c1cccc(NC(=O)c3ccc4ccccc4c3)c1)NC(C)(C)C2. The van der Waals surface area contributed by atoms with Crippen LogP contribution in [0, 0.1) is 0 Å². The number of carbonyl (C=O) groups is 2. The maximum Gasteiger partial charge on any atom is 0.255 e. The van der Waals surface area contributed by atoms with Gasteiger partial charge in [-0.05, 0) is 73.0 Å². The highest BCUT2D eigenvalue weighted by Crippen LogP contribution is 2.32. The summed E-state index contributed by atoms with van der Waals surface area (Å²) in [5, 5.41) is 8.50. The molecule has 0 saturated carbocycles. The molecule has 1 heterocycles. The molecule has 0 aliphatic carbocycles. The fourth-order valence-corrected chi connectivity index (χ4v) is 4.65. The monoisotopic (exact) mass is 476 g/mol. The lowest BCUT2D eigenvalue weighted by Gasteiger charge is -2.35. The van der Waals surface area contributed by atoms with E-state index in [4.69, 9.17) is 4.74 Å². The predicted octanol–water partition coefficient (Wildman–Crippen LogP) is 6.25. The van der Waals surface area contributed by atoms with Gasteiger partial charge in [-0.2, -0.15) is 0 Å². The van der Waals surface area contributed by atoms with E-state index >= 15 is 0 Å². The highest BCUT2D eigenvalue weighted by atomic mass is 16.5. The molecule has 0 radical (unpaired) electrons. The van der Waals surface area contributed by atoms with Crippen molar-refractivity contribution in [2.45, 2.75) is 25.8 Å². The molecule has 4 aromatic carbocycles. The molecule has 5 heteroatoms. The number of fused-ring (bicyclic) bond motifs is 2. The van der Waals surface area contributed by atoms with Crippen LogP contribution < -0.4 is 15.4 Å². The van der Waals surface area contributed by atoms with Crippen molar-refractivity contribution < 1.29 is 14.3 Å². The van der Waals surface area contributed by atoms with Crippen LogP contribution in [0.4, 0.5) is 5.69 Å². The number of ketones is 1. The Bertz CT molecular complexity index is 1520. The van der Waals surface area contributed by atoms with Gasteiger partial charge < -0.3 is 15.4 Å². The summed E-state index contributed by atoms with van der Waals surface area (Å²) < 4.78 is 5.40. The molecule has 2 N–H and O–H groups in total. The molecule has 36 heavy (non-hydrogen) atoms. The number of ether oxygens (including phenoxy) is 1. The van der Waals surface area contributed by atoms with Gasteiger partial charge in [-0.25, -0.2) is 0 Å². The van der Waals surface area contributed by atoms with Gasteiger partial charge in [-0.15, -0.1) is 0 Å². The van der Waals surface area contributed by atoms with Gasteiger partial charge >= 0.3 is 0 Å². The third-order valence-corrected chi connectivity index (χ3v) is 6.40. The number of anilines is 1. The molecule has 1 aliphatic heterocycles. The third kappa shape index (κ3) is 4.86. The summed E-state index contributed by atoms with van der Waals surface area (Å²) in [7, 11) is 1.63. The Labute approximate surface area is 210 Å². The Morgan fingerprint density at radius 3 is 2.50 bits per heavy atom. The Morgan fingerprint density at radius 1 is 0.889 bits per heavy atom. The van der Waals surface area contributed by atoms with Crippen molar-refractivity contribution in [3.63, 3.8) is 0 Å². The normalized spacial score (nSPS) is 15.1. The molecule has 0 bridgehead atoms. The first-order valence-electron chi connectivity index (χ1n) is 11.9. The Balaban J connectivity index is 1.40. The van der Waals surface area contributed by atoms with Gasteiger partial charge in [-0.1, -0.05) is 48.5 Å². The molecule has 180 valence electrons. The maximum atomic E-state index is 13.3. The number of rotatable bonds is 5. The van der Waals surface area contributed by atoms with E-state index in [2.05, 4.69) is 30.5 Å². The van der Waals surface area contributed by atoms with Crippen molar-refractivity contribution in [2.75, 3.05) is 12.4 Å². The zero-order chi connectivity index (χ0) is 25.3. The second kappa shape index (κ2) is 9.34. The summed E-state index contributed by atoms with van der Waals surface area (Å²) in [6.07, 6.45) is 2.47. The third-order valence-electron chi connectivity index (χ3n) is 6.40. The number of amides is 1. The van der Waals surface area contributed by atoms with E-state index < -0.39 is 0 Å². The standard InChI is InChI=1S/C31H28N2O3/c1-31(2)19-24-13-14-26(36-3)17-27(24)28(33-31)18-29(34)22-9-6-10-25(16-22)32-30(35)23-12-11-20-7-4-5-8-21(20)15-23/h4-18,33H,19H2,1-3H3,(H,32,35). The molecule has 0 aromatic heterocycles. The summed E-state index contributed by atoms with van der Waals surface area (Å²) in [6, 6.07) is 26.5. The highest BCUT2D eigenvalue weighted by Gasteiger charge is 2.28. The van der Waals surface area contributed by atoms with Gasteiger partial charge in [0.25, 0.3) is 5.91 Å². The lowest BCUT2D eigenvalue weighted by Crippen LogP contribution is -2.43. The van der Waals surface area contributed by atoms with E-state index in [1.807, 2.05) is 48.5 Å². The number of nitrogens with one attached hydrogen (secondary N) is 2. The molecule has 4 aromatic rings. The molecule has 5 rings (SSSR count). The van der Waals surface area contributed by atoms with Crippen molar-refractivity contribution in [1.82, 2.24) is 5.32 Å². The van der Waals surface area contributed by atoms with Gasteiger partial charge in [0, 0.05) is 39.7 Å². The molecule has 0 fully saturated rings. The van der Waals surface area contributed by atoms with Crippen LogP contribution in [0.25, 0.3) is 16.5 Å². The van der Waals surface area contributed by atoms with Crippen molar-refractivity contribution in [3.8, 4) is 5.75 Å². The largest absolute Gasteiger partial charge is 0.497 e. The number of methoxy groups -OCH3 is 1. The number of hydrogen-bond acceptors (Lipinski definition) is 4. The zero-order valence-corrected chi connectivity index (χ0v) is 20.6. The predicted molar refractivity (Wildman–Crippen MR) is 145 cm³/mol. The summed E-state index contributed by atoms with van der Waals surface area (Å²) in [5.41, 5.74) is 4.31. The van der Waals surface area contributed by atoms with Gasteiger partial charge in [0.2, 0.25) is 0 Å². The van der Waals surface area contributed by atoms with E-state index in [-0.39, 0.29) is 17.2 Å². The second-order valence-electron chi connectivity index (χ2n) is 9.73. The first-order valence-corrected chi connectivity index (χ1v) is 11.9. The fourth-order valence-electron chi connectivity index (χ4n) is 4.65. The van der Waals surface area contributed by atoms with Gasteiger partial charge in [0.15, 0.2) is 5.78 Å². The van der Waals surface area contributed by atoms with Crippen molar-refractivity contribution in [2.24, 2.45) is 0 Å². The second-order valence-corrected chi connectivity index (χ2v) is 9.73. The lowest BCUT2D eigenvalue weighted by atomic mass is 9.85. The molecular weight excluding hydrogens is 448 g/mol. The highest BCUT2D eigenvalue weighted by molar-refractivity contribution is 6.10. The average Bonchev–Trinajstić information content (AvgIpc) is 2.87. The average molecular weight is 477 g/mol. The first kappa shape index (κ1) is 23.4. The zero-order valence-electron chi connectivity index (χ0n) is 20.6. The van der Waals surface area contributed by atoms with Crippen LogP contribution in [0.2, 0.25) is 0 Å². The lowest BCUT2D eigenvalue weighted by molar-refractivity contribution is 0.102. The van der Waals surface area contributed by atoms with E-state index in [0.29, 0.717) is 16.8 Å². The molecular formula is C31H28N2O3. The Morgan fingerprint density at radius 2 is 1.69 bits per heavy atom. The number of benzene rings is 4. The van der Waals surface area contributed by atoms with Crippen LogP contribution in [-0.2, 0) is 6.42 Å². The van der Waals surface area contributed by atoms with Crippen LogP contribution in [0.15, 0.2) is 91.0 Å². The first-order chi connectivity index (χ1) is 17.3. The minimum atomic E-state index is -0.222. The van der Waals surface area contributed by atoms with Crippen LogP contribution in [0.3, 0.4) is 0 Å². The van der Waals surface area contributed by atoms with E-state index in [0.717, 1.165) is 39.8 Å². The van der Waals surface area contributed by atoms with E-state index in [1.54, 1.807) is 43.5 Å². The minimum absolute atomic E-state index is 0.147. The molecule has 0 unspecified atom stereocenters. The van der Waals surface area contributed by atoms with Gasteiger partial charge in [0.1, 0.15) is 5.75 Å². The molecule has 1 amide bonds. The minimum Gasteiger partial charge on any atom is -0.497 e. The Hall–Kier alpha value is -4.38. The van der Waals surface area contributed by atoms with Crippen LogP contribution in [0.1, 0.15) is 45.7 Å². The number of carbonyl (C=O) groups excluding carboxylic acids is 2. The van der Waals surface area contributed by atoms with Crippen molar-refractivity contribution in [3.05, 3.63) is 113 Å². The molecule has 0 spiro atoms. The van der Waals surface area contributed by atoms with E-state index in [9.17, 15) is 9.59 Å². The van der Waals surface area contributed by atoms with Gasteiger partial charge in [0.05, 0.1) is 7.11 Å². The van der Waals surface area contributed by atoms with Crippen LogP contribution in [0.5, 0.6) is 5.75 Å². The summed E-state index contributed by atoms with van der Waals surface area (Å²) >= 11 is 0. The molecule has 0 saturated heterocycles. The van der Waals surface area contributed by atoms with Crippen LogP contribution >= 0.6 is 0 Å². The quantitative estimate of drug-likeness (QED) is 0.264. The van der Waals surface area contributed by atoms with Crippen molar-refractivity contribution in [1.29, 1.82) is 0 Å². The summed E-state index contributed by atoms with van der Waals surface area (Å²) in [5.74, 6) is 0.373. The van der Waals surface area contributed by atoms with Crippen LogP contribution in [-0.4, -0.2) is 24.3 Å². The maximum absolute atomic E-state index is 13.3. The fraction of sp³-hybridized carbons (Fsp3) is 0.161. The Kier molecular flexibility index (Phi) is 6.06. The topological polar surface area (TPSA) is 67.4 Å². The number of allylic oxidation sites excluding steroid dienone is 1. The smallest absolute Gasteiger partial charge is 0.255 e. The molecule has 5 nitrogen and oxygen atoms in total. The summed E-state index contributed by atoms with van der Waals surface area (Å²) in [4.78, 5) is 26.2. The molecule has 1 aliphatic rings. The summed E-state index contributed by atoms with van der Waals surface area (Å²) in [6.45, 7) is 4.23.